The molecule has 4 heteroatoms. The summed E-state index contributed by atoms with van der Waals surface area (Å²) in [5.41, 5.74) is 11.3. The molecule has 10 rings (SSSR count). The predicted molar refractivity (Wildman–Crippen MR) is 210 cm³/mol. The van der Waals surface area contributed by atoms with Crippen LogP contribution < -0.4 is 15.9 Å². The average molecular weight is 661 g/mol. The lowest BCUT2D eigenvalue weighted by Gasteiger charge is -2.25. The van der Waals surface area contributed by atoms with Gasteiger partial charge in [-0.25, -0.2) is 4.98 Å². The number of aromatic nitrogens is 2. The molecule has 3 nitrogen and oxygen atoms in total. The van der Waals surface area contributed by atoms with Gasteiger partial charge in [-0.3, -0.25) is 4.40 Å². The Morgan fingerprint density at radius 3 is 1.82 bits per heavy atom. The lowest BCUT2D eigenvalue weighted by Crippen LogP contribution is -2.26. The largest absolute Gasteiger partial charge is 0.309 e. The fraction of sp³-hybridized carbons (Fsp3) is 0.0652. The molecule has 2 heterocycles. The van der Waals surface area contributed by atoms with Crippen molar-refractivity contribution in [3.63, 3.8) is 0 Å². The average Bonchev–Trinajstić information content (AvgIpc) is 3.67. The predicted octanol–water partition coefficient (Wildman–Crippen LogP) is 10.4. The van der Waals surface area contributed by atoms with Gasteiger partial charge in [0.15, 0.2) is 7.14 Å². The van der Waals surface area contributed by atoms with Crippen LogP contribution >= 0.6 is 7.14 Å². The van der Waals surface area contributed by atoms with E-state index in [1.807, 2.05) is 60.7 Å². The Morgan fingerprint density at radius 2 is 1.08 bits per heavy atom. The van der Waals surface area contributed by atoms with Gasteiger partial charge in [0.05, 0.1) is 16.6 Å². The molecule has 0 fully saturated rings. The highest BCUT2D eigenvalue weighted by Crippen LogP contribution is 2.52. The van der Waals surface area contributed by atoms with Crippen LogP contribution in [0.1, 0.15) is 25.0 Å². The second-order valence-corrected chi connectivity index (χ2v) is 16.7. The summed E-state index contributed by atoms with van der Waals surface area (Å²) < 4.78 is 17.6. The zero-order valence-electron chi connectivity index (χ0n) is 27.8. The Bertz CT molecular complexity index is 2830. The van der Waals surface area contributed by atoms with Crippen LogP contribution in [0.5, 0.6) is 0 Å². The van der Waals surface area contributed by atoms with E-state index in [9.17, 15) is 0 Å². The molecule has 0 unspecified atom stereocenters. The van der Waals surface area contributed by atoms with Crippen LogP contribution in [-0.4, -0.2) is 9.38 Å². The first kappa shape index (κ1) is 29.2. The lowest BCUT2D eigenvalue weighted by molar-refractivity contribution is 0.592. The van der Waals surface area contributed by atoms with Gasteiger partial charge in [-0.05, 0) is 75.2 Å². The zero-order valence-corrected chi connectivity index (χ0v) is 28.7. The molecule has 50 heavy (non-hydrogen) atoms. The van der Waals surface area contributed by atoms with E-state index in [0.717, 1.165) is 43.5 Å². The van der Waals surface area contributed by atoms with Gasteiger partial charge < -0.3 is 4.57 Å². The molecule has 2 aromatic heterocycles. The maximum atomic E-state index is 15.3. The molecular weight excluding hydrogens is 627 g/mol. The third-order valence-electron chi connectivity index (χ3n) is 10.9. The van der Waals surface area contributed by atoms with Crippen molar-refractivity contribution in [2.75, 3.05) is 0 Å². The Kier molecular flexibility index (Phi) is 6.20. The van der Waals surface area contributed by atoms with Gasteiger partial charge in [0.2, 0.25) is 0 Å². The molecule has 0 saturated heterocycles. The molecule has 9 aromatic rings. The van der Waals surface area contributed by atoms with Crippen LogP contribution in [0.2, 0.25) is 0 Å². The van der Waals surface area contributed by atoms with Gasteiger partial charge >= 0.3 is 0 Å². The van der Waals surface area contributed by atoms with E-state index in [0.29, 0.717) is 0 Å². The van der Waals surface area contributed by atoms with Crippen molar-refractivity contribution in [2.45, 2.75) is 19.3 Å². The Labute approximate surface area is 290 Å². The van der Waals surface area contributed by atoms with Crippen LogP contribution in [0, 0.1) is 0 Å². The molecule has 0 bridgehead atoms. The number of benzene rings is 7. The van der Waals surface area contributed by atoms with Gasteiger partial charge in [-0.1, -0.05) is 141 Å². The molecule has 0 radical (unpaired) electrons. The highest BCUT2D eigenvalue weighted by Gasteiger charge is 2.38. The SMILES string of the molecule is CC1(C)c2cc(-c3ccc4c(c3)c3ccccc3c3nc5ccccc5n43)ccc2-c2ccc(P(=O)(c3ccccc3)c3ccccc3)cc21. The fourth-order valence-electron chi connectivity index (χ4n) is 8.31. The minimum Gasteiger partial charge on any atom is -0.309 e. The summed E-state index contributed by atoms with van der Waals surface area (Å²) in [6, 6.07) is 57.1. The van der Waals surface area contributed by atoms with Gasteiger partial charge in [-0.15, -0.1) is 0 Å². The number of hydrogen-bond donors (Lipinski definition) is 0. The van der Waals surface area contributed by atoms with E-state index in [2.05, 4.69) is 121 Å². The summed E-state index contributed by atoms with van der Waals surface area (Å²) in [6.45, 7) is 4.60. The summed E-state index contributed by atoms with van der Waals surface area (Å²) in [4.78, 5) is 5.05. The molecule has 0 N–H and O–H groups in total. The Morgan fingerprint density at radius 1 is 0.500 bits per heavy atom. The number of imidazole rings is 1. The maximum absolute atomic E-state index is 15.3. The number of rotatable bonds is 4. The van der Waals surface area contributed by atoms with Crippen LogP contribution in [0.15, 0.2) is 164 Å². The molecule has 0 amide bonds. The number of para-hydroxylation sites is 2. The van der Waals surface area contributed by atoms with E-state index < -0.39 is 7.14 Å². The molecular formula is C46H33N2OP. The monoisotopic (exact) mass is 660 g/mol. The van der Waals surface area contributed by atoms with E-state index in [-0.39, 0.29) is 5.41 Å². The summed E-state index contributed by atoms with van der Waals surface area (Å²) >= 11 is 0. The van der Waals surface area contributed by atoms with Crippen molar-refractivity contribution in [3.05, 3.63) is 175 Å². The highest BCUT2D eigenvalue weighted by atomic mass is 31.2. The second kappa shape index (κ2) is 10.6. The first-order chi connectivity index (χ1) is 24.4. The van der Waals surface area contributed by atoms with Crippen LogP contribution in [0.25, 0.3) is 60.6 Å². The summed E-state index contributed by atoms with van der Waals surface area (Å²) in [5, 5.41) is 6.14. The van der Waals surface area contributed by atoms with Crippen molar-refractivity contribution >= 4 is 61.4 Å². The van der Waals surface area contributed by atoms with Crippen molar-refractivity contribution in [1.29, 1.82) is 0 Å². The van der Waals surface area contributed by atoms with Crippen molar-refractivity contribution < 1.29 is 4.57 Å². The molecule has 1 aliphatic carbocycles. The lowest BCUT2D eigenvalue weighted by atomic mass is 9.81. The molecule has 0 spiro atoms. The summed E-state index contributed by atoms with van der Waals surface area (Å²) in [5.74, 6) is 0. The second-order valence-electron chi connectivity index (χ2n) is 13.9. The fourth-order valence-corrected chi connectivity index (χ4v) is 11.0. The van der Waals surface area contributed by atoms with Gasteiger partial charge in [0.25, 0.3) is 0 Å². The van der Waals surface area contributed by atoms with Crippen LogP contribution in [-0.2, 0) is 9.98 Å². The minimum atomic E-state index is -3.10. The molecule has 0 atom stereocenters. The Hall–Kier alpha value is -5.76. The van der Waals surface area contributed by atoms with Crippen molar-refractivity contribution in [1.82, 2.24) is 9.38 Å². The summed E-state index contributed by atoms with van der Waals surface area (Å²) in [7, 11) is -3.10. The topological polar surface area (TPSA) is 34.4 Å². The summed E-state index contributed by atoms with van der Waals surface area (Å²) in [6.07, 6.45) is 0. The number of fused-ring (bicyclic) bond motifs is 11. The van der Waals surface area contributed by atoms with Gasteiger partial charge in [-0.2, -0.15) is 0 Å². The molecule has 7 aromatic carbocycles. The number of pyridine rings is 1. The molecule has 238 valence electrons. The zero-order chi connectivity index (χ0) is 33.6. The highest BCUT2D eigenvalue weighted by molar-refractivity contribution is 7.85. The smallest absolute Gasteiger partial charge is 0.171 e. The molecule has 0 saturated carbocycles. The van der Waals surface area contributed by atoms with Crippen LogP contribution in [0.3, 0.4) is 0 Å². The number of hydrogen-bond acceptors (Lipinski definition) is 2. The van der Waals surface area contributed by atoms with E-state index in [1.165, 1.54) is 44.2 Å². The standard InChI is InChI=1S/C46H33N2OP/c1-46(2)40-28-31(30-22-26-43-39(27-30)35-17-9-10-18-38(35)45-47-42-19-11-12-20-44(42)48(43)45)21-24-36(40)37-25-23-34(29-41(37)46)50(49,32-13-5-3-6-14-32)33-15-7-4-8-16-33/h3-29H,1-2H3. The number of nitrogens with zero attached hydrogens (tertiary/aromatic N) is 2. The first-order valence-electron chi connectivity index (χ1n) is 17.2. The quantitative estimate of drug-likeness (QED) is 0.139. The van der Waals surface area contributed by atoms with E-state index >= 15 is 4.57 Å². The van der Waals surface area contributed by atoms with Crippen LogP contribution in [0.4, 0.5) is 0 Å². The van der Waals surface area contributed by atoms with Crippen molar-refractivity contribution in [3.8, 4) is 22.3 Å². The third kappa shape index (κ3) is 4.05. The van der Waals surface area contributed by atoms with Crippen molar-refractivity contribution in [2.24, 2.45) is 0 Å². The van der Waals surface area contributed by atoms with Gasteiger partial charge in [0, 0.05) is 32.1 Å². The molecule has 1 aliphatic rings. The first-order valence-corrected chi connectivity index (χ1v) is 18.9. The minimum absolute atomic E-state index is 0.277. The molecule has 0 aliphatic heterocycles. The Balaban J connectivity index is 1.12. The van der Waals surface area contributed by atoms with E-state index in [1.54, 1.807) is 0 Å². The normalized spacial score (nSPS) is 13.6. The van der Waals surface area contributed by atoms with E-state index in [4.69, 9.17) is 4.98 Å². The maximum Gasteiger partial charge on any atom is 0.171 e. The third-order valence-corrected chi connectivity index (χ3v) is 13.9. The van der Waals surface area contributed by atoms with Gasteiger partial charge in [0.1, 0.15) is 5.65 Å².